The Labute approximate surface area is 195 Å². The van der Waals surface area contributed by atoms with Gasteiger partial charge in [-0.05, 0) is 60.6 Å². The molecule has 1 unspecified atom stereocenters. The summed E-state index contributed by atoms with van der Waals surface area (Å²) in [7, 11) is 0. The molecule has 3 nitrogen and oxygen atoms in total. The van der Waals surface area contributed by atoms with Crippen LogP contribution in [0.1, 0.15) is 114 Å². The summed E-state index contributed by atoms with van der Waals surface area (Å²) in [6.45, 7) is 6.84. The van der Waals surface area contributed by atoms with Gasteiger partial charge in [-0.15, -0.1) is 0 Å². The van der Waals surface area contributed by atoms with Gasteiger partial charge in [-0.25, -0.2) is 9.97 Å². The molecule has 0 spiro atoms. The zero-order valence-electron chi connectivity index (χ0n) is 20.4. The minimum absolute atomic E-state index is 0.510. The third-order valence-electron chi connectivity index (χ3n) is 7.55. The van der Waals surface area contributed by atoms with E-state index in [1.165, 1.54) is 69.8 Å². The van der Waals surface area contributed by atoms with Crippen LogP contribution in [0.2, 0.25) is 0 Å². The summed E-state index contributed by atoms with van der Waals surface area (Å²) >= 11 is 0. The first-order valence-electron chi connectivity index (χ1n) is 13.0. The average molecular weight is 432 g/mol. The molecule has 0 bridgehead atoms. The standard InChI is InChI=1S/C29H41N3/c1-4-6-8-10-23-12-14-24(15-13-23)22(3)28-20-31-29(32-21-28)26-17-16-25(11-9-7-5-2)27(18-26)19-30/h16-18,20-24H,4-15H2,1-3H3. The fraction of sp³-hybridized carbons (Fsp3) is 0.621. The van der Waals surface area contributed by atoms with E-state index in [9.17, 15) is 5.26 Å². The molecule has 0 aliphatic heterocycles. The number of benzene rings is 1. The highest BCUT2D eigenvalue weighted by Crippen LogP contribution is 2.39. The SMILES string of the molecule is CCCCCc1ccc(-c2ncc(C(C)C3CCC(CCCCC)CC3)cn2)cc1C#N. The first-order valence-corrected chi connectivity index (χ1v) is 13.0. The molecule has 1 aliphatic rings. The van der Waals surface area contributed by atoms with Gasteiger partial charge in [-0.2, -0.15) is 5.26 Å². The molecule has 0 radical (unpaired) electrons. The van der Waals surface area contributed by atoms with Crippen molar-refractivity contribution in [1.29, 1.82) is 5.26 Å². The third kappa shape index (κ3) is 6.64. The van der Waals surface area contributed by atoms with E-state index in [1.807, 2.05) is 18.5 Å². The summed E-state index contributed by atoms with van der Waals surface area (Å²) in [5.41, 5.74) is 4.09. The summed E-state index contributed by atoms with van der Waals surface area (Å²) in [5.74, 6) is 2.93. The van der Waals surface area contributed by atoms with Crippen molar-refractivity contribution < 1.29 is 0 Å². The summed E-state index contributed by atoms with van der Waals surface area (Å²) in [4.78, 5) is 9.38. The normalized spacial score (nSPS) is 19.4. The van der Waals surface area contributed by atoms with Gasteiger partial charge in [0.05, 0.1) is 11.6 Å². The highest BCUT2D eigenvalue weighted by molar-refractivity contribution is 5.59. The molecule has 32 heavy (non-hydrogen) atoms. The first kappa shape index (κ1) is 24.4. The van der Waals surface area contributed by atoms with E-state index in [1.54, 1.807) is 0 Å². The number of hydrogen-bond donors (Lipinski definition) is 0. The van der Waals surface area contributed by atoms with Crippen LogP contribution < -0.4 is 0 Å². The van der Waals surface area contributed by atoms with Crippen molar-refractivity contribution in [3.63, 3.8) is 0 Å². The summed E-state index contributed by atoms with van der Waals surface area (Å²) in [5, 5.41) is 9.60. The molecule has 3 heteroatoms. The highest BCUT2D eigenvalue weighted by atomic mass is 14.9. The van der Waals surface area contributed by atoms with Crippen molar-refractivity contribution in [1.82, 2.24) is 9.97 Å². The number of nitriles is 1. The molecule has 3 rings (SSSR count). The van der Waals surface area contributed by atoms with Crippen LogP contribution in [0.5, 0.6) is 0 Å². The van der Waals surface area contributed by atoms with Gasteiger partial charge in [0.25, 0.3) is 0 Å². The largest absolute Gasteiger partial charge is 0.236 e. The van der Waals surface area contributed by atoms with Crippen LogP contribution in [0, 0.1) is 23.2 Å². The Kier molecular flexibility index (Phi) is 9.72. The maximum Gasteiger partial charge on any atom is 0.159 e. The van der Waals surface area contributed by atoms with Crippen LogP contribution in [0.4, 0.5) is 0 Å². The smallest absolute Gasteiger partial charge is 0.159 e. The molecular weight excluding hydrogens is 390 g/mol. The number of rotatable bonds is 11. The Morgan fingerprint density at radius 1 is 0.969 bits per heavy atom. The van der Waals surface area contributed by atoms with E-state index in [2.05, 4.69) is 48.9 Å². The fourth-order valence-electron chi connectivity index (χ4n) is 5.26. The second kappa shape index (κ2) is 12.7. The first-order chi connectivity index (χ1) is 15.7. The van der Waals surface area contributed by atoms with Crippen LogP contribution in [0.3, 0.4) is 0 Å². The Morgan fingerprint density at radius 3 is 2.31 bits per heavy atom. The monoisotopic (exact) mass is 431 g/mol. The average Bonchev–Trinajstić information content (AvgIpc) is 2.84. The Hall–Kier alpha value is -2.21. The third-order valence-corrected chi connectivity index (χ3v) is 7.55. The zero-order chi connectivity index (χ0) is 22.8. The van der Waals surface area contributed by atoms with Gasteiger partial charge in [-0.1, -0.05) is 84.3 Å². The van der Waals surface area contributed by atoms with Crippen molar-refractivity contribution in [3.8, 4) is 17.5 Å². The van der Waals surface area contributed by atoms with Crippen molar-refractivity contribution in [2.24, 2.45) is 11.8 Å². The lowest BCUT2D eigenvalue weighted by molar-refractivity contribution is 0.236. The van der Waals surface area contributed by atoms with Crippen LogP contribution >= 0.6 is 0 Å². The molecule has 1 aromatic carbocycles. The number of aromatic nitrogens is 2. The van der Waals surface area contributed by atoms with Crippen molar-refractivity contribution >= 4 is 0 Å². The van der Waals surface area contributed by atoms with Crippen LogP contribution in [-0.4, -0.2) is 9.97 Å². The maximum atomic E-state index is 9.60. The molecule has 1 fully saturated rings. The van der Waals surface area contributed by atoms with E-state index in [-0.39, 0.29) is 0 Å². The summed E-state index contributed by atoms with van der Waals surface area (Å²) < 4.78 is 0. The van der Waals surface area contributed by atoms with E-state index >= 15 is 0 Å². The fourth-order valence-corrected chi connectivity index (χ4v) is 5.26. The van der Waals surface area contributed by atoms with Gasteiger partial charge in [0.15, 0.2) is 5.82 Å². The van der Waals surface area contributed by atoms with Gasteiger partial charge in [0.2, 0.25) is 0 Å². The lowest BCUT2D eigenvalue weighted by atomic mass is 9.73. The molecule has 1 aromatic heterocycles. The van der Waals surface area contributed by atoms with Crippen molar-refractivity contribution in [2.45, 2.75) is 104 Å². The molecule has 1 atom stereocenters. The molecule has 0 saturated heterocycles. The molecular formula is C29H41N3. The van der Waals surface area contributed by atoms with Gasteiger partial charge < -0.3 is 0 Å². The highest BCUT2D eigenvalue weighted by Gasteiger charge is 2.26. The maximum absolute atomic E-state index is 9.60. The topological polar surface area (TPSA) is 49.6 Å². The Morgan fingerprint density at radius 2 is 1.66 bits per heavy atom. The molecule has 172 valence electrons. The second-order valence-corrected chi connectivity index (χ2v) is 9.85. The van der Waals surface area contributed by atoms with Crippen LogP contribution in [0.25, 0.3) is 11.4 Å². The molecule has 1 heterocycles. The number of aryl methyl sites for hydroxylation is 1. The minimum Gasteiger partial charge on any atom is -0.236 e. The van der Waals surface area contributed by atoms with E-state index in [0.717, 1.165) is 47.2 Å². The lowest BCUT2D eigenvalue weighted by Gasteiger charge is -2.32. The van der Waals surface area contributed by atoms with Crippen molar-refractivity contribution in [3.05, 3.63) is 47.3 Å². The Bertz CT molecular complexity index is 857. The van der Waals surface area contributed by atoms with Crippen LogP contribution in [0.15, 0.2) is 30.6 Å². The van der Waals surface area contributed by atoms with Gasteiger partial charge >= 0.3 is 0 Å². The second-order valence-electron chi connectivity index (χ2n) is 9.85. The van der Waals surface area contributed by atoms with Crippen LogP contribution in [-0.2, 0) is 6.42 Å². The van der Waals surface area contributed by atoms with Gasteiger partial charge in [0.1, 0.15) is 0 Å². The van der Waals surface area contributed by atoms with Gasteiger partial charge in [0, 0.05) is 18.0 Å². The molecule has 1 aliphatic carbocycles. The molecule has 0 amide bonds. The number of hydrogen-bond acceptors (Lipinski definition) is 3. The quantitative estimate of drug-likeness (QED) is 0.337. The number of unbranched alkanes of at least 4 members (excludes halogenated alkanes) is 4. The molecule has 1 saturated carbocycles. The lowest BCUT2D eigenvalue weighted by Crippen LogP contribution is -2.19. The predicted octanol–water partition coefficient (Wildman–Crippen LogP) is 8.24. The Balaban J connectivity index is 1.59. The number of nitrogens with zero attached hydrogens (tertiary/aromatic N) is 3. The molecule has 0 N–H and O–H groups in total. The molecule has 2 aromatic rings. The minimum atomic E-state index is 0.510. The van der Waals surface area contributed by atoms with Crippen molar-refractivity contribution in [2.75, 3.05) is 0 Å². The van der Waals surface area contributed by atoms with E-state index in [4.69, 9.17) is 0 Å². The van der Waals surface area contributed by atoms with E-state index in [0.29, 0.717) is 5.92 Å². The van der Waals surface area contributed by atoms with E-state index < -0.39 is 0 Å². The predicted molar refractivity (Wildman–Crippen MR) is 133 cm³/mol. The zero-order valence-corrected chi connectivity index (χ0v) is 20.4. The summed E-state index contributed by atoms with van der Waals surface area (Å²) in [6, 6.07) is 8.48. The van der Waals surface area contributed by atoms with Gasteiger partial charge in [-0.3, -0.25) is 0 Å². The summed E-state index contributed by atoms with van der Waals surface area (Å²) in [6.07, 6.45) is 19.5.